The molecule has 3 aromatic rings. The molecule has 4 nitrogen and oxygen atoms in total. The van der Waals surface area contributed by atoms with Crippen molar-refractivity contribution in [3.63, 3.8) is 0 Å². The minimum Gasteiger partial charge on any atom is -0.496 e. The number of hydrogen-bond acceptors (Lipinski definition) is 4. The van der Waals surface area contributed by atoms with Gasteiger partial charge >= 0.3 is 0 Å². The summed E-state index contributed by atoms with van der Waals surface area (Å²) in [6, 6.07) is 15.9. The molecule has 0 N–H and O–H groups in total. The van der Waals surface area contributed by atoms with Gasteiger partial charge in [0.15, 0.2) is 0 Å². The van der Waals surface area contributed by atoms with Crippen LogP contribution in [0.15, 0.2) is 48.5 Å². The third-order valence-corrected chi connectivity index (χ3v) is 3.35. The van der Waals surface area contributed by atoms with Crippen LogP contribution in [-0.2, 0) is 0 Å². The second kappa shape index (κ2) is 5.40. The molecule has 0 bridgehead atoms. The van der Waals surface area contributed by atoms with Crippen molar-refractivity contribution in [2.45, 2.75) is 0 Å². The zero-order chi connectivity index (χ0) is 14.8. The van der Waals surface area contributed by atoms with Crippen molar-refractivity contribution in [1.82, 2.24) is 9.97 Å². The predicted molar refractivity (Wildman–Crippen MR) is 85.9 cm³/mol. The molecule has 0 unspecified atom stereocenters. The summed E-state index contributed by atoms with van der Waals surface area (Å²) in [5.74, 6) is 1.50. The number of methoxy groups -OCH3 is 1. The first-order valence-electron chi connectivity index (χ1n) is 6.78. The number of ether oxygens (including phenoxy) is 1. The van der Waals surface area contributed by atoms with Crippen LogP contribution in [0.25, 0.3) is 22.2 Å². The van der Waals surface area contributed by atoms with Crippen molar-refractivity contribution >= 4 is 16.9 Å². The second-order valence-corrected chi connectivity index (χ2v) is 4.98. The number of hydrogen-bond donors (Lipinski definition) is 0. The van der Waals surface area contributed by atoms with Gasteiger partial charge in [0.25, 0.3) is 0 Å². The Bertz CT molecular complexity index is 784. The fourth-order valence-electron chi connectivity index (χ4n) is 2.31. The highest BCUT2D eigenvalue weighted by Crippen LogP contribution is 2.33. The number of aromatic nitrogens is 2. The van der Waals surface area contributed by atoms with E-state index in [0.29, 0.717) is 5.95 Å². The molecule has 106 valence electrons. The van der Waals surface area contributed by atoms with Crippen LogP contribution in [0.2, 0.25) is 0 Å². The summed E-state index contributed by atoms with van der Waals surface area (Å²) < 4.78 is 5.47. The largest absolute Gasteiger partial charge is 0.496 e. The Morgan fingerprint density at radius 3 is 2.38 bits per heavy atom. The first-order valence-corrected chi connectivity index (χ1v) is 6.78. The van der Waals surface area contributed by atoms with Crippen LogP contribution in [0.5, 0.6) is 5.75 Å². The molecule has 21 heavy (non-hydrogen) atoms. The fourth-order valence-corrected chi connectivity index (χ4v) is 2.31. The van der Waals surface area contributed by atoms with E-state index < -0.39 is 0 Å². The van der Waals surface area contributed by atoms with E-state index in [-0.39, 0.29) is 0 Å². The number of rotatable bonds is 3. The average Bonchev–Trinajstić information content (AvgIpc) is 2.53. The Hall–Kier alpha value is -2.62. The van der Waals surface area contributed by atoms with E-state index in [1.165, 1.54) is 0 Å². The molecular weight excluding hydrogens is 262 g/mol. The lowest BCUT2D eigenvalue weighted by Crippen LogP contribution is -2.13. The third kappa shape index (κ3) is 2.40. The Labute approximate surface area is 124 Å². The molecule has 3 rings (SSSR count). The van der Waals surface area contributed by atoms with E-state index in [1.54, 1.807) is 7.11 Å². The molecule has 0 saturated heterocycles. The molecule has 0 spiro atoms. The first-order chi connectivity index (χ1) is 10.2. The fraction of sp³-hybridized carbons (Fsp3) is 0.176. The number of benzene rings is 2. The number of nitrogens with zero attached hydrogens (tertiary/aromatic N) is 3. The molecule has 0 aliphatic rings. The van der Waals surface area contributed by atoms with E-state index in [1.807, 2.05) is 67.5 Å². The zero-order valence-corrected chi connectivity index (χ0v) is 12.4. The highest BCUT2D eigenvalue weighted by atomic mass is 16.5. The molecule has 2 aromatic carbocycles. The summed E-state index contributed by atoms with van der Waals surface area (Å²) in [5.41, 5.74) is 2.79. The molecule has 0 fully saturated rings. The molecule has 1 aromatic heterocycles. The highest BCUT2D eigenvalue weighted by Gasteiger charge is 2.13. The molecule has 0 saturated carbocycles. The van der Waals surface area contributed by atoms with Gasteiger partial charge in [-0.15, -0.1) is 0 Å². The van der Waals surface area contributed by atoms with Crippen molar-refractivity contribution < 1.29 is 4.74 Å². The van der Waals surface area contributed by atoms with Gasteiger partial charge in [0, 0.05) is 25.0 Å². The molecule has 0 radical (unpaired) electrons. The Kier molecular flexibility index (Phi) is 3.44. The van der Waals surface area contributed by atoms with E-state index in [0.717, 1.165) is 27.9 Å². The van der Waals surface area contributed by atoms with Crippen LogP contribution in [0.3, 0.4) is 0 Å². The maximum absolute atomic E-state index is 5.47. The number of para-hydroxylation sites is 2. The summed E-state index contributed by atoms with van der Waals surface area (Å²) in [7, 11) is 5.56. The molecule has 0 aliphatic carbocycles. The topological polar surface area (TPSA) is 38.2 Å². The number of anilines is 1. The van der Waals surface area contributed by atoms with E-state index in [2.05, 4.69) is 4.98 Å². The lowest BCUT2D eigenvalue weighted by Gasteiger charge is -2.15. The van der Waals surface area contributed by atoms with Crippen molar-refractivity contribution in [3.8, 4) is 17.0 Å². The summed E-state index contributed by atoms with van der Waals surface area (Å²) in [5, 5.41) is 1.02. The van der Waals surface area contributed by atoms with E-state index in [9.17, 15) is 0 Å². The molecule has 4 heteroatoms. The van der Waals surface area contributed by atoms with Crippen molar-refractivity contribution in [2.24, 2.45) is 0 Å². The Balaban J connectivity index is 2.34. The SMILES string of the molecule is COc1ccccc1-c1nc(N(C)C)nc2ccccc12. The molecule has 1 heterocycles. The second-order valence-electron chi connectivity index (χ2n) is 4.98. The third-order valence-electron chi connectivity index (χ3n) is 3.35. The highest BCUT2D eigenvalue weighted by molar-refractivity contribution is 5.94. The summed E-state index contributed by atoms with van der Waals surface area (Å²) >= 11 is 0. The maximum atomic E-state index is 5.47. The minimum absolute atomic E-state index is 0.689. The van der Waals surface area contributed by atoms with Gasteiger partial charge < -0.3 is 9.64 Å². The van der Waals surface area contributed by atoms with Crippen LogP contribution < -0.4 is 9.64 Å². The minimum atomic E-state index is 0.689. The van der Waals surface area contributed by atoms with Crippen molar-refractivity contribution in [2.75, 3.05) is 26.1 Å². The van der Waals surface area contributed by atoms with Crippen LogP contribution >= 0.6 is 0 Å². The Morgan fingerprint density at radius 1 is 0.905 bits per heavy atom. The van der Waals surface area contributed by atoms with Gasteiger partial charge in [0.2, 0.25) is 5.95 Å². The molecular formula is C17H17N3O. The normalized spacial score (nSPS) is 10.6. The summed E-state index contributed by atoms with van der Waals surface area (Å²) in [4.78, 5) is 11.2. The maximum Gasteiger partial charge on any atom is 0.225 e. The zero-order valence-electron chi connectivity index (χ0n) is 12.4. The molecule has 0 aliphatic heterocycles. The molecule has 0 atom stereocenters. The van der Waals surface area contributed by atoms with Gasteiger partial charge in [-0.1, -0.05) is 30.3 Å². The van der Waals surface area contributed by atoms with Gasteiger partial charge in [0.1, 0.15) is 5.75 Å². The van der Waals surface area contributed by atoms with Crippen LogP contribution in [-0.4, -0.2) is 31.2 Å². The van der Waals surface area contributed by atoms with Gasteiger partial charge in [0.05, 0.1) is 18.3 Å². The lowest BCUT2D eigenvalue weighted by molar-refractivity contribution is 0.416. The smallest absolute Gasteiger partial charge is 0.225 e. The van der Waals surface area contributed by atoms with Crippen LogP contribution in [0, 0.1) is 0 Å². The standard InChI is InChI=1S/C17H17N3O/c1-20(2)17-18-14-10-6-4-8-12(14)16(19-17)13-9-5-7-11-15(13)21-3/h4-11H,1-3H3. The summed E-state index contributed by atoms with van der Waals surface area (Å²) in [6.45, 7) is 0. The average molecular weight is 279 g/mol. The van der Waals surface area contributed by atoms with Crippen LogP contribution in [0.1, 0.15) is 0 Å². The van der Waals surface area contributed by atoms with E-state index in [4.69, 9.17) is 9.72 Å². The van der Waals surface area contributed by atoms with Gasteiger partial charge in [-0.3, -0.25) is 0 Å². The Morgan fingerprint density at radius 2 is 1.62 bits per heavy atom. The lowest BCUT2D eigenvalue weighted by atomic mass is 10.1. The summed E-state index contributed by atoms with van der Waals surface area (Å²) in [6.07, 6.45) is 0. The monoisotopic (exact) mass is 279 g/mol. The quantitative estimate of drug-likeness (QED) is 0.736. The predicted octanol–water partition coefficient (Wildman–Crippen LogP) is 3.37. The molecule has 0 amide bonds. The first kappa shape index (κ1) is 13.4. The van der Waals surface area contributed by atoms with Crippen molar-refractivity contribution in [1.29, 1.82) is 0 Å². The van der Waals surface area contributed by atoms with Gasteiger partial charge in [-0.2, -0.15) is 0 Å². The van der Waals surface area contributed by atoms with Gasteiger partial charge in [-0.25, -0.2) is 9.97 Å². The van der Waals surface area contributed by atoms with Crippen molar-refractivity contribution in [3.05, 3.63) is 48.5 Å². The van der Waals surface area contributed by atoms with Gasteiger partial charge in [-0.05, 0) is 18.2 Å². The van der Waals surface area contributed by atoms with E-state index >= 15 is 0 Å². The van der Waals surface area contributed by atoms with Crippen LogP contribution in [0.4, 0.5) is 5.95 Å². The number of fused-ring (bicyclic) bond motifs is 1.